The Bertz CT molecular complexity index is 1020. The summed E-state index contributed by atoms with van der Waals surface area (Å²) >= 11 is 0. The fourth-order valence-corrected chi connectivity index (χ4v) is 2.72. The number of hydrogen-bond acceptors (Lipinski definition) is 7. The first-order valence-electron chi connectivity index (χ1n) is 9.83. The number of hydrogen-bond donors (Lipinski definition) is 3. The maximum atomic E-state index is 13.1. The van der Waals surface area contributed by atoms with E-state index in [1.165, 1.54) is 12.3 Å². The number of benzene rings is 1. The molecule has 11 heteroatoms. The molecule has 0 radical (unpaired) electrons. The number of nitrogens with zero attached hydrogens (tertiary/aromatic N) is 3. The number of rotatable bonds is 11. The van der Waals surface area contributed by atoms with E-state index >= 15 is 0 Å². The number of pyridine rings is 1. The van der Waals surface area contributed by atoms with Crippen molar-refractivity contribution in [1.29, 1.82) is 0 Å². The van der Waals surface area contributed by atoms with E-state index < -0.39 is 18.3 Å². The van der Waals surface area contributed by atoms with E-state index in [0.717, 1.165) is 37.1 Å². The molecule has 3 aromatic rings. The third kappa shape index (κ3) is 6.51. The Labute approximate surface area is 182 Å². The molecule has 0 spiro atoms. The molecule has 2 aromatic heterocycles. The van der Waals surface area contributed by atoms with Gasteiger partial charge in [0.1, 0.15) is 11.6 Å². The Hall–Kier alpha value is -3.47. The van der Waals surface area contributed by atoms with Gasteiger partial charge in [-0.05, 0) is 49.7 Å². The van der Waals surface area contributed by atoms with Gasteiger partial charge in [0.2, 0.25) is 5.95 Å². The molecule has 0 aliphatic rings. The first-order chi connectivity index (χ1) is 15.4. The number of unbranched alkanes of at least 4 members (excludes halogenated alkanes) is 1. The summed E-state index contributed by atoms with van der Waals surface area (Å²) in [5, 5.41) is 6.08. The highest BCUT2D eigenvalue weighted by Crippen LogP contribution is 2.29. The van der Waals surface area contributed by atoms with Crippen molar-refractivity contribution in [2.24, 2.45) is 5.73 Å². The second-order valence-corrected chi connectivity index (χ2v) is 6.74. The SMILES string of the molecule is NCCCCNc1cc(-c2ccnc(Nc3cccc(OC(F)(F)C(F)F)c3)n2)ccn1. The number of halogens is 4. The summed E-state index contributed by atoms with van der Waals surface area (Å²) in [4.78, 5) is 12.8. The van der Waals surface area contributed by atoms with Gasteiger partial charge >= 0.3 is 12.5 Å². The topological polar surface area (TPSA) is 98.0 Å². The Morgan fingerprint density at radius 1 is 1.03 bits per heavy atom. The van der Waals surface area contributed by atoms with Crippen molar-refractivity contribution in [3.8, 4) is 17.0 Å². The summed E-state index contributed by atoms with van der Waals surface area (Å²) in [6.07, 6.45) is -3.51. The highest BCUT2D eigenvalue weighted by atomic mass is 19.3. The van der Waals surface area contributed by atoms with Crippen LogP contribution in [-0.2, 0) is 0 Å². The lowest BCUT2D eigenvalue weighted by atomic mass is 10.2. The van der Waals surface area contributed by atoms with Crippen molar-refractivity contribution in [2.45, 2.75) is 25.4 Å². The summed E-state index contributed by atoms with van der Waals surface area (Å²) in [6, 6.07) is 10.6. The van der Waals surface area contributed by atoms with Crippen molar-refractivity contribution < 1.29 is 22.3 Å². The van der Waals surface area contributed by atoms with Crippen LogP contribution in [0.4, 0.5) is 35.0 Å². The van der Waals surface area contributed by atoms with Gasteiger partial charge in [-0.25, -0.2) is 15.0 Å². The van der Waals surface area contributed by atoms with Crippen LogP contribution in [-0.4, -0.2) is 40.6 Å². The van der Waals surface area contributed by atoms with Crippen molar-refractivity contribution in [2.75, 3.05) is 23.7 Å². The summed E-state index contributed by atoms with van der Waals surface area (Å²) in [5.74, 6) is 0.461. The molecule has 1 aromatic carbocycles. The van der Waals surface area contributed by atoms with E-state index in [4.69, 9.17) is 5.73 Å². The van der Waals surface area contributed by atoms with Gasteiger partial charge in [-0.3, -0.25) is 0 Å². The van der Waals surface area contributed by atoms with E-state index in [1.807, 2.05) is 6.07 Å². The quantitative estimate of drug-likeness (QED) is 0.288. The van der Waals surface area contributed by atoms with Crippen LogP contribution in [0.25, 0.3) is 11.3 Å². The van der Waals surface area contributed by atoms with E-state index in [9.17, 15) is 17.6 Å². The van der Waals surface area contributed by atoms with Gasteiger partial charge in [0, 0.05) is 36.3 Å². The van der Waals surface area contributed by atoms with Crippen LogP contribution in [0, 0.1) is 0 Å². The number of nitrogens with two attached hydrogens (primary N) is 1. The molecular weight excluding hydrogens is 428 g/mol. The maximum Gasteiger partial charge on any atom is 0.461 e. The number of ether oxygens (including phenoxy) is 1. The van der Waals surface area contributed by atoms with Gasteiger partial charge < -0.3 is 21.1 Å². The lowest BCUT2D eigenvalue weighted by Crippen LogP contribution is -2.33. The molecular formula is C21H22F4N6O. The molecule has 170 valence electrons. The van der Waals surface area contributed by atoms with Crippen LogP contribution in [0.2, 0.25) is 0 Å². The minimum absolute atomic E-state index is 0.189. The average molecular weight is 450 g/mol. The van der Waals surface area contributed by atoms with Crippen LogP contribution >= 0.6 is 0 Å². The smallest absolute Gasteiger partial charge is 0.428 e. The lowest BCUT2D eigenvalue weighted by molar-refractivity contribution is -0.253. The number of anilines is 3. The van der Waals surface area contributed by atoms with Crippen LogP contribution in [0.15, 0.2) is 54.9 Å². The summed E-state index contributed by atoms with van der Waals surface area (Å²) < 4.78 is 55.1. The third-order valence-corrected chi connectivity index (χ3v) is 4.25. The van der Waals surface area contributed by atoms with E-state index in [1.54, 1.807) is 24.4 Å². The molecule has 0 unspecified atom stereocenters. The lowest BCUT2D eigenvalue weighted by Gasteiger charge is -2.17. The van der Waals surface area contributed by atoms with Crippen molar-refractivity contribution in [3.63, 3.8) is 0 Å². The van der Waals surface area contributed by atoms with Crippen molar-refractivity contribution in [3.05, 3.63) is 54.9 Å². The predicted octanol–water partition coefficient (Wildman–Crippen LogP) is 4.67. The van der Waals surface area contributed by atoms with Gasteiger partial charge in [0.25, 0.3) is 0 Å². The molecule has 0 fully saturated rings. The van der Waals surface area contributed by atoms with Crippen LogP contribution in [0.5, 0.6) is 5.75 Å². The average Bonchev–Trinajstić information content (AvgIpc) is 2.77. The molecule has 2 heterocycles. The molecule has 0 aliphatic heterocycles. The second-order valence-electron chi connectivity index (χ2n) is 6.74. The van der Waals surface area contributed by atoms with Crippen LogP contribution in [0.1, 0.15) is 12.8 Å². The van der Waals surface area contributed by atoms with E-state index in [-0.39, 0.29) is 5.95 Å². The molecule has 0 atom stereocenters. The molecule has 0 saturated heterocycles. The summed E-state index contributed by atoms with van der Waals surface area (Å²) in [5.41, 5.74) is 7.18. The molecule has 4 N–H and O–H groups in total. The Morgan fingerprint density at radius 3 is 2.62 bits per heavy atom. The number of aromatic nitrogens is 3. The molecule has 3 rings (SSSR count). The molecule has 32 heavy (non-hydrogen) atoms. The van der Waals surface area contributed by atoms with Crippen molar-refractivity contribution >= 4 is 17.5 Å². The molecule has 0 amide bonds. The Balaban J connectivity index is 1.71. The zero-order valence-electron chi connectivity index (χ0n) is 16.9. The third-order valence-electron chi connectivity index (χ3n) is 4.25. The van der Waals surface area contributed by atoms with E-state index in [2.05, 4.69) is 30.3 Å². The largest absolute Gasteiger partial charge is 0.461 e. The molecule has 0 bridgehead atoms. The fraction of sp³-hybridized carbons (Fsp3) is 0.286. The monoisotopic (exact) mass is 450 g/mol. The Morgan fingerprint density at radius 2 is 1.84 bits per heavy atom. The van der Waals surface area contributed by atoms with Gasteiger partial charge in [-0.15, -0.1) is 0 Å². The minimum atomic E-state index is -4.59. The minimum Gasteiger partial charge on any atom is -0.428 e. The first-order valence-corrected chi connectivity index (χ1v) is 9.83. The normalized spacial score (nSPS) is 11.4. The van der Waals surface area contributed by atoms with E-state index in [0.29, 0.717) is 23.7 Å². The van der Waals surface area contributed by atoms with Gasteiger partial charge in [0.05, 0.1) is 5.69 Å². The van der Waals surface area contributed by atoms with Gasteiger partial charge in [0.15, 0.2) is 0 Å². The number of nitrogens with one attached hydrogen (secondary N) is 2. The summed E-state index contributed by atoms with van der Waals surface area (Å²) in [6.45, 7) is 1.38. The van der Waals surface area contributed by atoms with Crippen LogP contribution in [0.3, 0.4) is 0 Å². The number of alkyl halides is 4. The standard InChI is InChI=1S/C21H22F4N6O/c22-19(23)21(24,25)32-16-5-3-4-15(13-16)30-20-29-11-7-17(31-20)14-6-10-28-18(12-14)27-9-2-1-8-26/h3-7,10-13,19H,1-2,8-9,26H2,(H,27,28)(H,29,30,31). The molecule has 0 saturated carbocycles. The van der Waals surface area contributed by atoms with Gasteiger partial charge in [-0.1, -0.05) is 6.07 Å². The molecule has 7 nitrogen and oxygen atoms in total. The Kier molecular flexibility index (Phi) is 7.77. The zero-order chi connectivity index (χ0) is 23.0. The fourth-order valence-electron chi connectivity index (χ4n) is 2.72. The summed E-state index contributed by atoms with van der Waals surface area (Å²) in [7, 11) is 0. The predicted molar refractivity (Wildman–Crippen MR) is 113 cm³/mol. The molecule has 0 aliphatic carbocycles. The van der Waals surface area contributed by atoms with Crippen molar-refractivity contribution in [1.82, 2.24) is 15.0 Å². The zero-order valence-corrected chi connectivity index (χ0v) is 16.9. The highest BCUT2D eigenvalue weighted by molar-refractivity contribution is 5.65. The second kappa shape index (κ2) is 10.7. The maximum absolute atomic E-state index is 13.1. The van der Waals surface area contributed by atoms with Crippen LogP contribution < -0.4 is 21.1 Å². The first kappa shape index (κ1) is 23.2. The van der Waals surface area contributed by atoms with Gasteiger partial charge in [-0.2, -0.15) is 17.6 Å². The highest BCUT2D eigenvalue weighted by Gasteiger charge is 2.43.